The third-order valence-electron chi connectivity index (χ3n) is 3.14. The van der Waals surface area contributed by atoms with Crippen molar-refractivity contribution in [2.24, 2.45) is 5.73 Å². The van der Waals surface area contributed by atoms with Crippen LogP contribution in [-0.4, -0.2) is 11.4 Å². The minimum absolute atomic E-state index is 0.0812. The molecule has 3 N–H and O–H groups in total. The van der Waals surface area contributed by atoms with Crippen LogP contribution in [0.3, 0.4) is 0 Å². The topological polar surface area (TPSA) is 78.9 Å². The lowest BCUT2D eigenvalue weighted by Gasteiger charge is -2.37. The van der Waals surface area contributed by atoms with Gasteiger partial charge in [-0.05, 0) is 37.5 Å². The summed E-state index contributed by atoms with van der Waals surface area (Å²) in [5.74, 6) is -0.0812. The number of hydrogen-bond acceptors (Lipinski definition) is 3. The highest BCUT2D eigenvalue weighted by molar-refractivity contribution is 5.91. The number of nitrogens with zero attached hydrogens (tertiary/aromatic N) is 1. The molecule has 17 heavy (non-hydrogen) atoms. The van der Waals surface area contributed by atoms with Crippen molar-refractivity contribution in [3.8, 4) is 6.07 Å². The van der Waals surface area contributed by atoms with Crippen LogP contribution >= 0.6 is 0 Å². The number of nitriles is 1. The number of amides is 1. The molecule has 1 aliphatic carbocycles. The number of nitrogens with one attached hydrogen (secondary N) is 1. The lowest BCUT2D eigenvalue weighted by molar-refractivity contribution is -0.118. The molecule has 1 aromatic carbocycles. The zero-order chi connectivity index (χ0) is 12.3. The average Bonchev–Trinajstić information content (AvgIpc) is 2.27. The van der Waals surface area contributed by atoms with Gasteiger partial charge in [0.2, 0.25) is 5.91 Å². The van der Waals surface area contributed by atoms with Gasteiger partial charge in [-0.1, -0.05) is 6.07 Å². The van der Waals surface area contributed by atoms with E-state index in [1.165, 1.54) is 0 Å². The fourth-order valence-electron chi connectivity index (χ4n) is 2.00. The lowest BCUT2D eigenvalue weighted by Crippen LogP contribution is -2.48. The van der Waals surface area contributed by atoms with Gasteiger partial charge < -0.3 is 11.1 Å². The summed E-state index contributed by atoms with van der Waals surface area (Å²) >= 11 is 0. The van der Waals surface area contributed by atoms with Crippen LogP contribution < -0.4 is 11.1 Å². The molecule has 88 valence electrons. The number of benzene rings is 1. The van der Waals surface area contributed by atoms with Crippen molar-refractivity contribution in [1.82, 2.24) is 0 Å². The first-order valence-electron chi connectivity index (χ1n) is 5.70. The van der Waals surface area contributed by atoms with Gasteiger partial charge in [-0.3, -0.25) is 4.79 Å². The van der Waals surface area contributed by atoms with Gasteiger partial charge in [0.1, 0.15) is 0 Å². The first-order valence-corrected chi connectivity index (χ1v) is 5.70. The second kappa shape index (κ2) is 4.56. The Morgan fingerprint density at radius 1 is 1.53 bits per heavy atom. The van der Waals surface area contributed by atoms with Crippen LogP contribution in [0.5, 0.6) is 0 Å². The Hall–Kier alpha value is -1.86. The molecule has 0 aliphatic heterocycles. The van der Waals surface area contributed by atoms with Crippen molar-refractivity contribution in [3.05, 3.63) is 29.8 Å². The average molecular weight is 229 g/mol. The van der Waals surface area contributed by atoms with Crippen molar-refractivity contribution >= 4 is 11.6 Å². The third-order valence-corrected chi connectivity index (χ3v) is 3.14. The highest BCUT2D eigenvalue weighted by Crippen LogP contribution is 2.32. The van der Waals surface area contributed by atoms with Gasteiger partial charge in [0.05, 0.1) is 11.6 Å². The van der Waals surface area contributed by atoms with E-state index < -0.39 is 0 Å². The SMILES string of the molecule is N#Cc1cccc(NC(=O)CC2(N)CCC2)c1. The normalized spacial score (nSPS) is 16.7. The number of hydrogen-bond donors (Lipinski definition) is 2. The molecule has 0 bridgehead atoms. The predicted octanol–water partition coefficient (Wildman–Crippen LogP) is 1.77. The molecule has 0 radical (unpaired) electrons. The van der Waals surface area contributed by atoms with E-state index in [-0.39, 0.29) is 11.4 Å². The fourth-order valence-corrected chi connectivity index (χ4v) is 2.00. The van der Waals surface area contributed by atoms with E-state index in [0.29, 0.717) is 17.7 Å². The van der Waals surface area contributed by atoms with Crippen LogP contribution in [0.25, 0.3) is 0 Å². The van der Waals surface area contributed by atoms with Crippen molar-refractivity contribution in [3.63, 3.8) is 0 Å². The van der Waals surface area contributed by atoms with Gasteiger partial charge in [0.15, 0.2) is 0 Å². The molecule has 2 rings (SSSR count). The summed E-state index contributed by atoms with van der Waals surface area (Å²) in [7, 11) is 0. The summed E-state index contributed by atoms with van der Waals surface area (Å²) in [6.45, 7) is 0. The van der Waals surface area contributed by atoms with Crippen molar-refractivity contribution in [2.75, 3.05) is 5.32 Å². The molecule has 4 nitrogen and oxygen atoms in total. The van der Waals surface area contributed by atoms with Crippen LogP contribution in [0.15, 0.2) is 24.3 Å². The number of rotatable bonds is 3. The zero-order valence-electron chi connectivity index (χ0n) is 9.57. The standard InChI is InChI=1S/C13H15N3O/c14-9-10-3-1-4-11(7-10)16-12(17)8-13(15)5-2-6-13/h1,3-4,7H,2,5-6,8,15H2,(H,16,17). The minimum atomic E-state index is -0.309. The molecule has 0 unspecified atom stereocenters. The second-order valence-electron chi connectivity index (χ2n) is 4.63. The van der Waals surface area contributed by atoms with E-state index >= 15 is 0 Å². The van der Waals surface area contributed by atoms with Gasteiger partial charge in [-0.15, -0.1) is 0 Å². The van der Waals surface area contributed by atoms with E-state index in [4.69, 9.17) is 11.0 Å². The monoisotopic (exact) mass is 229 g/mol. The van der Waals surface area contributed by atoms with Gasteiger partial charge in [0.25, 0.3) is 0 Å². The maximum absolute atomic E-state index is 11.7. The molecule has 0 saturated heterocycles. The van der Waals surface area contributed by atoms with Crippen LogP contribution in [-0.2, 0) is 4.79 Å². The Morgan fingerprint density at radius 3 is 2.88 bits per heavy atom. The maximum atomic E-state index is 11.7. The van der Waals surface area contributed by atoms with Gasteiger partial charge in [-0.2, -0.15) is 5.26 Å². The van der Waals surface area contributed by atoms with Gasteiger partial charge in [0, 0.05) is 17.6 Å². The summed E-state index contributed by atoms with van der Waals surface area (Å²) in [5.41, 5.74) is 6.88. The Bertz CT molecular complexity index is 472. The Labute approximate surface area is 100 Å². The molecule has 1 fully saturated rings. The molecule has 0 aromatic heterocycles. The van der Waals surface area contributed by atoms with E-state index in [2.05, 4.69) is 5.32 Å². The number of anilines is 1. The second-order valence-corrected chi connectivity index (χ2v) is 4.63. The first-order chi connectivity index (χ1) is 8.11. The molecule has 1 aromatic rings. The predicted molar refractivity (Wildman–Crippen MR) is 65.2 cm³/mol. The van der Waals surface area contributed by atoms with Crippen LogP contribution in [0, 0.1) is 11.3 Å². The first kappa shape index (κ1) is 11.6. The molecular weight excluding hydrogens is 214 g/mol. The maximum Gasteiger partial charge on any atom is 0.226 e. The lowest BCUT2D eigenvalue weighted by atomic mass is 9.75. The summed E-state index contributed by atoms with van der Waals surface area (Å²) in [5, 5.41) is 11.5. The third kappa shape index (κ3) is 2.83. The Kier molecular flexibility index (Phi) is 3.12. The number of carbonyl (C=O) groups is 1. The molecular formula is C13H15N3O. The molecule has 0 atom stereocenters. The zero-order valence-corrected chi connectivity index (χ0v) is 9.57. The van der Waals surface area contributed by atoms with E-state index in [0.717, 1.165) is 19.3 Å². The van der Waals surface area contributed by atoms with Crippen LogP contribution in [0.2, 0.25) is 0 Å². The Morgan fingerprint density at radius 2 is 2.29 bits per heavy atom. The molecule has 1 saturated carbocycles. The van der Waals surface area contributed by atoms with E-state index in [9.17, 15) is 4.79 Å². The molecule has 0 heterocycles. The van der Waals surface area contributed by atoms with E-state index in [1.807, 2.05) is 6.07 Å². The van der Waals surface area contributed by atoms with Gasteiger partial charge in [-0.25, -0.2) is 0 Å². The summed E-state index contributed by atoms with van der Waals surface area (Å²) in [4.78, 5) is 11.7. The summed E-state index contributed by atoms with van der Waals surface area (Å²) in [6, 6.07) is 8.90. The van der Waals surface area contributed by atoms with Crippen molar-refractivity contribution < 1.29 is 4.79 Å². The number of nitrogens with two attached hydrogens (primary N) is 1. The van der Waals surface area contributed by atoms with Crippen molar-refractivity contribution in [2.45, 2.75) is 31.2 Å². The van der Waals surface area contributed by atoms with Crippen LogP contribution in [0.1, 0.15) is 31.2 Å². The highest BCUT2D eigenvalue weighted by atomic mass is 16.1. The largest absolute Gasteiger partial charge is 0.326 e. The molecule has 4 heteroatoms. The van der Waals surface area contributed by atoms with Gasteiger partial charge >= 0.3 is 0 Å². The quantitative estimate of drug-likeness (QED) is 0.829. The fraction of sp³-hybridized carbons (Fsp3) is 0.385. The Balaban J connectivity index is 1.96. The van der Waals surface area contributed by atoms with E-state index in [1.54, 1.807) is 24.3 Å². The molecule has 1 amide bonds. The molecule has 0 spiro atoms. The minimum Gasteiger partial charge on any atom is -0.326 e. The summed E-state index contributed by atoms with van der Waals surface area (Å²) in [6.07, 6.45) is 3.29. The summed E-state index contributed by atoms with van der Waals surface area (Å²) < 4.78 is 0. The number of carbonyl (C=O) groups excluding carboxylic acids is 1. The molecule has 1 aliphatic rings. The van der Waals surface area contributed by atoms with Crippen LogP contribution in [0.4, 0.5) is 5.69 Å². The highest BCUT2D eigenvalue weighted by Gasteiger charge is 2.34. The smallest absolute Gasteiger partial charge is 0.226 e. The van der Waals surface area contributed by atoms with Crippen molar-refractivity contribution in [1.29, 1.82) is 5.26 Å².